The van der Waals surface area contributed by atoms with Crippen molar-refractivity contribution in [2.75, 3.05) is 0 Å². The summed E-state index contributed by atoms with van der Waals surface area (Å²) in [7, 11) is -9.39. The summed E-state index contributed by atoms with van der Waals surface area (Å²) in [5, 5.41) is 3.20. The molecule has 1 fully saturated rings. The average Bonchev–Trinajstić information content (AvgIpc) is 1.81. The van der Waals surface area contributed by atoms with Gasteiger partial charge in [-0.2, -0.15) is 16.8 Å². The van der Waals surface area contributed by atoms with Gasteiger partial charge in [0.1, 0.15) is 0 Å². The van der Waals surface area contributed by atoms with E-state index >= 15 is 0 Å². The highest BCUT2D eigenvalue weighted by Gasteiger charge is 2.42. The zero-order valence-electron chi connectivity index (χ0n) is 3.67. The Balaban J connectivity index is 3.36. The van der Waals surface area contributed by atoms with Crippen LogP contribution in [0, 0.1) is 0 Å². The molecule has 1 rings (SSSR count). The van der Waals surface area contributed by atoms with Gasteiger partial charge in [-0.15, -0.1) is 0 Å². The molecule has 0 aromatic rings. The molecule has 0 N–H and O–H groups in total. The topological polar surface area (TPSA) is 96.0 Å². The SMILES string of the molecule is O=S1(=O)OOOS1(=O)=O. The number of rotatable bonds is 0. The van der Waals surface area contributed by atoms with Crippen molar-refractivity contribution in [3.8, 4) is 0 Å². The Bertz CT molecular complexity index is 256. The lowest BCUT2D eigenvalue weighted by Gasteiger charge is -1.78. The van der Waals surface area contributed by atoms with Crippen LogP contribution in [0.15, 0.2) is 0 Å². The van der Waals surface area contributed by atoms with Crippen molar-refractivity contribution >= 4 is 18.3 Å². The second kappa shape index (κ2) is 1.64. The summed E-state index contributed by atoms with van der Waals surface area (Å²) in [6.07, 6.45) is 0. The van der Waals surface area contributed by atoms with E-state index in [2.05, 4.69) is 13.7 Å². The minimum atomic E-state index is -4.70. The van der Waals surface area contributed by atoms with E-state index in [-0.39, 0.29) is 0 Å². The molecule has 9 heavy (non-hydrogen) atoms. The smallest absolute Gasteiger partial charge is 0.177 e. The highest BCUT2D eigenvalue weighted by molar-refractivity contribution is 8.63. The Morgan fingerprint density at radius 3 is 1.22 bits per heavy atom. The Morgan fingerprint density at radius 1 is 0.778 bits per heavy atom. The van der Waals surface area contributed by atoms with Gasteiger partial charge in [0.25, 0.3) is 0 Å². The quantitative estimate of drug-likeness (QED) is 0.325. The lowest BCUT2D eigenvalue weighted by Crippen LogP contribution is -2.07. The maximum Gasteiger partial charge on any atom is 0.430 e. The minimum absolute atomic E-state index is 3.20. The molecular weight excluding hydrogens is 176 g/mol. The first-order chi connectivity index (χ1) is 3.96. The second-order valence-electron chi connectivity index (χ2n) is 1.02. The zero-order chi connectivity index (χ0) is 7.12. The van der Waals surface area contributed by atoms with Gasteiger partial charge in [0.05, 0.1) is 0 Å². The fourth-order valence-corrected chi connectivity index (χ4v) is 1.05. The zero-order valence-corrected chi connectivity index (χ0v) is 5.31. The molecule has 1 heterocycles. The standard InChI is InChI=1S/O7S2/c1-8(2)6-5-7-9(8,3)4. The van der Waals surface area contributed by atoms with E-state index in [9.17, 15) is 16.8 Å². The molecule has 1 aliphatic heterocycles. The van der Waals surface area contributed by atoms with Crippen LogP contribution in [0.2, 0.25) is 0 Å². The summed E-state index contributed by atoms with van der Waals surface area (Å²) in [6, 6.07) is 0. The molecule has 0 unspecified atom stereocenters. The first-order valence-corrected chi connectivity index (χ1v) is 4.83. The summed E-state index contributed by atoms with van der Waals surface area (Å²) in [6.45, 7) is 0. The molecule has 0 aromatic carbocycles. The molecule has 0 saturated carbocycles. The third-order valence-electron chi connectivity index (χ3n) is 0.472. The lowest BCUT2D eigenvalue weighted by atomic mass is 14.6. The Labute approximate surface area is 49.6 Å². The van der Waals surface area contributed by atoms with Crippen molar-refractivity contribution in [3.05, 3.63) is 0 Å². The number of hydrogen-bond acceptors (Lipinski definition) is 7. The van der Waals surface area contributed by atoms with Gasteiger partial charge in [-0.1, -0.05) is 8.67 Å². The van der Waals surface area contributed by atoms with Gasteiger partial charge in [0, 0.05) is 0 Å². The molecule has 0 spiro atoms. The van der Waals surface area contributed by atoms with Crippen molar-refractivity contribution in [1.29, 1.82) is 0 Å². The molecule has 0 radical (unpaired) electrons. The van der Waals surface area contributed by atoms with Crippen LogP contribution in [0.5, 0.6) is 0 Å². The fourth-order valence-electron chi connectivity index (χ4n) is 0.147. The van der Waals surface area contributed by atoms with Gasteiger partial charge >= 0.3 is 18.3 Å². The molecule has 9 heteroatoms. The van der Waals surface area contributed by atoms with Crippen LogP contribution in [0.4, 0.5) is 0 Å². The van der Waals surface area contributed by atoms with E-state index in [1.807, 2.05) is 0 Å². The maximum atomic E-state index is 10.0. The van der Waals surface area contributed by atoms with E-state index in [1.165, 1.54) is 0 Å². The third kappa shape index (κ3) is 0.923. The molecule has 0 amide bonds. The predicted octanol–water partition coefficient (Wildman–Crippen LogP) is -1.55. The molecule has 0 aliphatic carbocycles. The second-order valence-corrected chi connectivity index (χ2v) is 5.38. The van der Waals surface area contributed by atoms with Gasteiger partial charge in [-0.3, -0.25) is 0 Å². The average molecular weight is 176 g/mol. The van der Waals surface area contributed by atoms with Crippen LogP contribution in [0.1, 0.15) is 0 Å². The molecule has 7 nitrogen and oxygen atoms in total. The predicted molar refractivity (Wildman–Crippen MR) is 21.1 cm³/mol. The van der Waals surface area contributed by atoms with Crippen molar-refractivity contribution in [2.45, 2.75) is 0 Å². The van der Waals surface area contributed by atoms with Gasteiger partial charge in [-0.25, -0.2) is 0 Å². The Morgan fingerprint density at radius 2 is 1.11 bits per heavy atom. The van der Waals surface area contributed by atoms with E-state index in [0.29, 0.717) is 0 Å². The summed E-state index contributed by atoms with van der Waals surface area (Å²) < 4.78 is 46.5. The van der Waals surface area contributed by atoms with E-state index in [0.717, 1.165) is 0 Å². The molecule has 0 bridgehead atoms. The van der Waals surface area contributed by atoms with Crippen LogP contribution in [-0.2, 0) is 32.0 Å². The normalized spacial score (nSPS) is 30.2. The first-order valence-electron chi connectivity index (χ1n) is 1.50. The van der Waals surface area contributed by atoms with Crippen molar-refractivity contribution in [1.82, 2.24) is 0 Å². The van der Waals surface area contributed by atoms with Crippen LogP contribution in [0.25, 0.3) is 0 Å². The molecule has 0 atom stereocenters. The number of hydrogen-bond donors (Lipinski definition) is 0. The molecule has 0 aromatic heterocycles. The van der Waals surface area contributed by atoms with Crippen LogP contribution in [0.3, 0.4) is 0 Å². The fraction of sp³-hybridized carbons (Fsp3) is 0. The van der Waals surface area contributed by atoms with E-state index in [1.54, 1.807) is 0 Å². The maximum absolute atomic E-state index is 10.0. The highest BCUT2D eigenvalue weighted by Crippen LogP contribution is 2.16. The van der Waals surface area contributed by atoms with E-state index < -0.39 is 18.3 Å². The monoisotopic (exact) mass is 176 g/mol. The summed E-state index contributed by atoms with van der Waals surface area (Å²) in [4.78, 5) is 0. The van der Waals surface area contributed by atoms with Gasteiger partial charge < -0.3 is 0 Å². The van der Waals surface area contributed by atoms with Crippen LogP contribution >= 0.6 is 0 Å². The summed E-state index contributed by atoms with van der Waals surface area (Å²) in [5.41, 5.74) is 0. The van der Waals surface area contributed by atoms with Crippen molar-refractivity contribution in [3.63, 3.8) is 0 Å². The van der Waals surface area contributed by atoms with Gasteiger partial charge in [-0.05, 0) is 5.04 Å². The summed E-state index contributed by atoms with van der Waals surface area (Å²) in [5.74, 6) is 0. The Hall–Kier alpha value is -0.220. The molecule has 54 valence electrons. The van der Waals surface area contributed by atoms with Crippen molar-refractivity contribution in [2.24, 2.45) is 0 Å². The summed E-state index contributed by atoms with van der Waals surface area (Å²) >= 11 is 0. The van der Waals surface area contributed by atoms with Crippen molar-refractivity contribution < 1.29 is 30.5 Å². The lowest BCUT2D eigenvalue weighted by molar-refractivity contribution is -0.393. The first kappa shape index (κ1) is 6.89. The van der Waals surface area contributed by atoms with Crippen LogP contribution < -0.4 is 0 Å². The largest absolute Gasteiger partial charge is 0.430 e. The molecule has 1 saturated heterocycles. The van der Waals surface area contributed by atoms with Gasteiger partial charge in [0.2, 0.25) is 0 Å². The molecule has 1 aliphatic rings. The minimum Gasteiger partial charge on any atom is -0.177 e. The van der Waals surface area contributed by atoms with Crippen LogP contribution in [-0.4, -0.2) is 16.8 Å². The molecular formula is O7S2. The van der Waals surface area contributed by atoms with Gasteiger partial charge in [0.15, 0.2) is 0 Å². The highest BCUT2D eigenvalue weighted by atomic mass is 33.2. The third-order valence-corrected chi connectivity index (χ3v) is 3.25. The van der Waals surface area contributed by atoms with E-state index in [4.69, 9.17) is 0 Å². The Kier molecular flexibility index (Phi) is 1.25.